The molecule has 0 unspecified atom stereocenters. The second kappa shape index (κ2) is 8.73. The number of rotatable bonds is 6. The third kappa shape index (κ3) is 4.22. The predicted molar refractivity (Wildman–Crippen MR) is 120 cm³/mol. The molecule has 0 aliphatic heterocycles. The molecule has 0 N–H and O–H groups in total. The van der Waals surface area contributed by atoms with Crippen LogP contribution in [0.2, 0.25) is 5.02 Å². The van der Waals surface area contributed by atoms with E-state index in [4.69, 9.17) is 16.3 Å². The minimum Gasteiger partial charge on any atom is -0.488 e. The molecule has 31 heavy (non-hydrogen) atoms. The summed E-state index contributed by atoms with van der Waals surface area (Å²) in [5, 5.41) is 8.18. The van der Waals surface area contributed by atoms with Crippen molar-refractivity contribution in [3.8, 4) is 22.7 Å². The van der Waals surface area contributed by atoms with Gasteiger partial charge in [0.05, 0.1) is 11.4 Å². The van der Waals surface area contributed by atoms with Gasteiger partial charge >= 0.3 is 5.69 Å². The summed E-state index contributed by atoms with van der Waals surface area (Å²) in [4.78, 5) is 17.0. The SMILES string of the molecule is CCc1cccc(-c2ccc(OCc3c(Cl)cccc3-n3nnn(C)c3=O)c(C)c2)n1. The fraction of sp³-hybridized carbons (Fsp3) is 0.217. The van der Waals surface area contributed by atoms with Gasteiger partial charge in [-0.15, -0.1) is 0 Å². The molecule has 4 rings (SSSR count). The first kappa shape index (κ1) is 20.8. The van der Waals surface area contributed by atoms with E-state index < -0.39 is 0 Å². The standard InChI is InChI=1S/C23H22ClN5O2/c1-4-17-7-5-9-20(25-17)16-11-12-22(15(2)13-16)31-14-18-19(24)8-6-10-21(18)29-23(30)28(3)26-27-29/h5-13H,4,14H2,1-3H3. The summed E-state index contributed by atoms with van der Waals surface area (Å²) >= 11 is 6.42. The van der Waals surface area contributed by atoms with Gasteiger partial charge in [0.15, 0.2) is 0 Å². The Kier molecular flexibility index (Phi) is 5.86. The van der Waals surface area contributed by atoms with E-state index >= 15 is 0 Å². The first-order valence-electron chi connectivity index (χ1n) is 9.94. The van der Waals surface area contributed by atoms with Crippen LogP contribution >= 0.6 is 11.6 Å². The lowest BCUT2D eigenvalue weighted by atomic mass is 10.1. The number of ether oxygens (including phenoxy) is 1. The van der Waals surface area contributed by atoms with Gasteiger partial charge in [-0.25, -0.2) is 4.79 Å². The van der Waals surface area contributed by atoms with Gasteiger partial charge in [-0.05, 0) is 71.8 Å². The molecule has 4 aromatic rings. The average molecular weight is 436 g/mol. The van der Waals surface area contributed by atoms with Crippen LogP contribution in [-0.4, -0.2) is 24.8 Å². The summed E-state index contributed by atoms with van der Waals surface area (Å²) in [5.74, 6) is 0.729. The van der Waals surface area contributed by atoms with Gasteiger partial charge in [-0.3, -0.25) is 4.98 Å². The molecular formula is C23H22ClN5O2. The summed E-state index contributed by atoms with van der Waals surface area (Å²) < 4.78 is 8.45. The van der Waals surface area contributed by atoms with Crippen molar-refractivity contribution in [1.29, 1.82) is 0 Å². The van der Waals surface area contributed by atoms with Crippen molar-refractivity contribution in [3.05, 3.63) is 86.9 Å². The first-order valence-corrected chi connectivity index (χ1v) is 10.3. The van der Waals surface area contributed by atoms with Crippen LogP contribution in [0.25, 0.3) is 16.9 Å². The highest BCUT2D eigenvalue weighted by Crippen LogP contribution is 2.28. The molecule has 8 heteroatoms. The van der Waals surface area contributed by atoms with Crippen LogP contribution in [0.5, 0.6) is 5.75 Å². The van der Waals surface area contributed by atoms with Gasteiger partial charge in [0.2, 0.25) is 0 Å². The van der Waals surface area contributed by atoms with Crippen molar-refractivity contribution >= 4 is 11.6 Å². The third-order valence-corrected chi connectivity index (χ3v) is 5.41. The van der Waals surface area contributed by atoms with E-state index in [0.29, 0.717) is 16.3 Å². The minimum absolute atomic E-state index is 0.182. The van der Waals surface area contributed by atoms with Crippen LogP contribution in [0.3, 0.4) is 0 Å². The summed E-state index contributed by atoms with van der Waals surface area (Å²) in [7, 11) is 1.54. The summed E-state index contributed by atoms with van der Waals surface area (Å²) in [6, 6.07) is 17.3. The van der Waals surface area contributed by atoms with Crippen molar-refractivity contribution in [1.82, 2.24) is 24.8 Å². The molecule has 0 bridgehead atoms. The molecule has 0 radical (unpaired) electrons. The number of aromatic nitrogens is 5. The molecule has 7 nitrogen and oxygen atoms in total. The lowest BCUT2D eigenvalue weighted by Crippen LogP contribution is -2.23. The Hall–Kier alpha value is -3.45. The fourth-order valence-electron chi connectivity index (χ4n) is 3.31. The molecule has 2 heterocycles. The van der Waals surface area contributed by atoms with Gasteiger partial charge in [0.1, 0.15) is 12.4 Å². The normalized spacial score (nSPS) is 11.0. The van der Waals surface area contributed by atoms with Crippen molar-refractivity contribution in [2.45, 2.75) is 26.9 Å². The lowest BCUT2D eigenvalue weighted by Gasteiger charge is -2.14. The second-order valence-corrected chi connectivity index (χ2v) is 7.58. The maximum Gasteiger partial charge on any atom is 0.368 e. The molecule has 0 aliphatic carbocycles. The quantitative estimate of drug-likeness (QED) is 0.455. The van der Waals surface area contributed by atoms with Gasteiger partial charge in [-0.1, -0.05) is 30.7 Å². The lowest BCUT2D eigenvalue weighted by molar-refractivity contribution is 0.303. The molecule has 158 valence electrons. The zero-order chi connectivity index (χ0) is 22.0. The fourth-order valence-corrected chi connectivity index (χ4v) is 3.54. The molecule has 0 spiro atoms. The van der Waals surface area contributed by atoms with E-state index in [2.05, 4.69) is 28.4 Å². The zero-order valence-corrected chi connectivity index (χ0v) is 18.3. The molecular weight excluding hydrogens is 414 g/mol. The largest absolute Gasteiger partial charge is 0.488 e. The van der Waals surface area contributed by atoms with E-state index in [0.717, 1.165) is 39.4 Å². The highest BCUT2D eigenvalue weighted by Gasteiger charge is 2.15. The second-order valence-electron chi connectivity index (χ2n) is 7.17. The molecule has 0 saturated carbocycles. The van der Waals surface area contributed by atoms with Crippen LogP contribution in [0.4, 0.5) is 0 Å². The van der Waals surface area contributed by atoms with Crippen LogP contribution in [-0.2, 0) is 20.1 Å². The summed E-state index contributed by atoms with van der Waals surface area (Å²) in [6.07, 6.45) is 0.892. The van der Waals surface area contributed by atoms with E-state index in [1.165, 1.54) is 4.68 Å². The number of aryl methyl sites for hydroxylation is 3. The monoisotopic (exact) mass is 435 g/mol. The van der Waals surface area contributed by atoms with Crippen molar-refractivity contribution < 1.29 is 4.74 Å². The van der Waals surface area contributed by atoms with E-state index in [-0.39, 0.29) is 12.3 Å². The molecule has 0 atom stereocenters. The Morgan fingerprint density at radius 3 is 2.58 bits per heavy atom. The Balaban J connectivity index is 1.60. The molecule has 0 fully saturated rings. The van der Waals surface area contributed by atoms with Crippen LogP contribution in [0, 0.1) is 6.92 Å². The van der Waals surface area contributed by atoms with Crippen LogP contribution in [0.15, 0.2) is 59.4 Å². The number of benzene rings is 2. The van der Waals surface area contributed by atoms with Crippen molar-refractivity contribution in [3.63, 3.8) is 0 Å². The van der Waals surface area contributed by atoms with Crippen molar-refractivity contribution in [2.75, 3.05) is 0 Å². The topological polar surface area (TPSA) is 74.8 Å². The van der Waals surface area contributed by atoms with Gasteiger partial charge in [-0.2, -0.15) is 9.36 Å². The third-order valence-electron chi connectivity index (χ3n) is 5.06. The Morgan fingerprint density at radius 1 is 1.06 bits per heavy atom. The molecule has 0 amide bonds. The Labute approximate surface area is 184 Å². The zero-order valence-electron chi connectivity index (χ0n) is 17.5. The summed E-state index contributed by atoms with van der Waals surface area (Å²) in [6.45, 7) is 4.26. The maximum absolute atomic E-state index is 12.3. The molecule has 0 aliphatic rings. The van der Waals surface area contributed by atoms with Crippen LogP contribution < -0.4 is 10.4 Å². The number of hydrogen-bond acceptors (Lipinski definition) is 5. The highest BCUT2D eigenvalue weighted by molar-refractivity contribution is 6.31. The minimum atomic E-state index is -0.356. The average Bonchev–Trinajstić information content (AvgIpc) is 3.11. The number of hydrogen-bond donors (Lipinski definition) is 0. The molecule has 2 aromatic carbocycles. The molecule has 0 saturated heterocycles. The number of halogens is 1. The van der Waals surface area contributed by atoms with E-state index in [1.807, 2.05) is 37.3 Å². The number of nitrogens with zero attached hydrogens (tertiary/aromatic N) is 5. The van der Waals surface area contributed by atoms with Gasteiger partial charge in [0, 0.05) is 28.9 Å². The summed E-state index contributed by atoms with van der Waals surface area (Å²) in [5.41, 5.74) is 4.85. The maximum atomic E-state index is 12.3. The molecule has 2 aromatic heterocycles. The number of tetrazole rings is 1. The Bertz CT molecular complexity index is 1300. The number of pyridine rings is 1. The van der Waals surface area contributed by atoms with Gasteiger partial charge < -0.3 is 4.74 Å². The van der Waals surface area contributed by atoms with Crippen molar-refractivity contribution in [2.24, 2.45) is 7.05 Å². The first-order chi connectivity index (χ1) is 15.0. The van der Waals surface area contributed by atoms with Gasteiger partial charge in [0.25, 0.3) is 0 Å². The smallest absolute Gasteiger partial charge is 0.368 e. The predicted octanol–water partition coefficient (Wildman–Crippen LogP) is 4.13. The van der Waals surface area contributed by atoms with E-state index in [9.17, 15) is 4.79 Å². The van der Waals surface area contributed by atoms with E-state index in [1.54, 1.807) is 25.2 Å². The highest BCUT2D eigenvalue weighted by atomic mass is 35.5. The Morgan fingerprint density at radius 2 is 1.87 bits per heavy atom. The van der Waals surface area contributed by atoms with Crippen LogP contribution in [0.1, 0.15) is 23.7 Å².